The zero-order chi connectivity index (χ0) is 27.8. The van der Waals surface area contributed by atoms with Crippen LogP contribution in [0, 0.1) is 0 Å². The first-order chi connectivity index (χ1) is 17.7. The number of hydrogen-bond donors (Lipinski definition) is 3. The third kappa shape index (κ3) is 12.0. The van der Waals surface area contributed by atoms with Gasteiger partial charge in [-0.15, -0.1) is 0 Å². The summed E-state index contributed by atoms with van der Waals surface area (Å²) in [5.41, 5.74) is 1.29. The van der Waals surface area contributed by atoms with Crippen LogP contribution in [-0.2, 0) is 40.1 Å². The van der Waals surface area contributed by atoms with Gasteiger partial charge in [0.2, 0.25) is 17.7 Å². The number of nitrogens with zero attached hydrogens (tertiary/aromatic N) is 1. The summed E-state index contributed by atoms with van der Waals surface area (Å²) < 4.78 is 4.89. The molecule has 1 aliphatic rings. The zero-order valence-electron chi connectivity index (χ0n) is 21.8. The van der Waals surface area contributed by atoms with Crippen LogP contribution in [0.15, 0.2) is 36.4 Å². The van der Waals surface area contributed by atoms with E-state index >= 15 is 0 Å². The van der Waals surface area contributed by atoms with Gasteiger partial charge in [0.1, 0.15) is 12.6 Å². The number of esters is 1. The Labute approximate surface area is 217 Å². The molecule has 0 saturated heterocycles. The minimum absolute atomic E-state index is 0.140. The van der Waals surface area contributed by atoms with Crippen molar-refractivity contribution >= 4 is 41.2 Å². The smallest absolute Gasteiger partial charge is 0.302 e. The Kier molecular flexibility index (Phi) is 13.9. The van der Waals surface area contributed by atoms with Crippen molar-refractivity contribution in [3.05, 3.63) is 42.0 Å². The molecule has 37 heavy (non-hydrogen) atoms. The van der Waals surface area contributed by atoms with Crippen molar-refractivity contribution in [1.82, 2.24) is 15.5 Å². The van der Waals surface area contributed by atoms with Crippen LogP contribution < -0.4 is 16.0 Å². The fourth-order valence-corrected chi connectivity index (χ4v) is 3.16. The average Bonchev–Trinajstić information content (AvgIpc) is 3.19. The second-order valence-electron chi connectivity index (χ2n) is 8.00. The van der Waals surface area contributed by atoms with Crippen molar-refractivity contribution in [2.75, 3.05) is 18.4 Å². The van der Waals surface area contributed by atoms with Crippen LogP contribution in [0.2, 0.25) is 0 Å². The molecule has 11 heteroatoms. The van der Waals surface area contributed by atoms with Gasteiger partial charge >= 0.3 is 5.97 Å². The molecule has 202 valence electrons. The largest absolute Gasteiger partial charge is 0.461 e. The van der Waals surface area contributed by atoms with Crippen molar-refractivity contribution in [1.29, 1.82) is 0 Å². The van der Waals surface area contributed by atoms with E-state index in [1.165, 1.54) is 26.0 Å². The molecule has 0 aliphatic carbocycles. The van der Waals surface area contributed by atoms with Crippen LogP contribution in [0.5, 0.6) is 0 Å². The number of rotatable bonds is 13. The molecule has 2 rings (SSSR count). The van der Waals surface area contributed by atoms with Gasteiger partial charge in [-0.25, -0.2) is 0 Å². The number of amides is 5. The minimum atomic E-state index is -0.818. The number of carbonyl (C=O) groups is 6. The molecule has 1 unspecified atom stereocenters. The number of benzene rings is 1. The van der Waals surface area contributed by atoms with E-state index < -0.39 is 17.9 Å². The highest BCUT2D eigenvalue weighted by Gasteiger charge is 2.22. The van der Waals surface area contributed by atoms with Gasteiger partial charge in [0.05, 0.1) is 6.54 Å². The van der Waals surface area contributed by atoms with E-state index in [9.17, 15) is 28.8 Å². The predicted molar refractivity (Wildman–Crippen MR) is 137 cm³/mol. The lowest BCUT2D eigenvalue weighted by molar-refractivity contribution is -0.142. The molecule has 11 nitrogen and oxygen atoms in total. The predicted octanol–water partition coefficient (Wildman–Crippen LogP) is 1.82. The third-order valence-corrected chi connectivity index (χ3v) is 5.06. The maximum atomic E-state index is 12.2. The Morgan fingerprint density at radius 2 is 1.54 bits per heavy atom. The number of anilines is 1. The van der Waals surface area contributed by atoms with E-state index in [0.29, 0.717) is 31.5 Å². The summed E-state index contributed by atoms with van der Waals surface area (Å²) in [6, 6.07) is 5.90. The van der Waals surface area contributed by atoms with Gasteiger partial charge < -0.3 is 20.7 Å². The fraction of sp³-hybridized carbons (Fsp3) is 0.462. The molecule has 1 aliphatic heterocycles. The Balaban J connectivity index is 0.00000334. The third-order valence-electron chi connectivity index (χ3n) is 5.06. The molecule has 0 spiro atoms. The Hall–Kier alpha value is -4.02. The normalized spacial score (nSPS) is 12.8. The van der Waals surface area contributed by atoms with E-state index in [1.807, 2.05) is 13.8 Å². The molecular formula is C26H36N4O7. The first-order valence-electron chi connectivity index (χ1n) is 12.3. The summed E-state index contributed by atoms with van der Waals surface area (Å²) in [4.78, 5) is 71.2. The van der Waals surface area contributed by atoms with Crippen LogP contribution in [0.1, 0.15) is 58.9 Å². The first-order valence-corrected chi connectivity index (χ1v) is 12.3. The van der Waals surface area contributed by atoms with E-state index in [0.717, 1.165) is 10.5 Å². The average molecular weight is 517 g/mol. The molecular weight excluding hydrogens is 480 g/mol. The highest BCUT2D eigenvalue weighted by molar-refractivity contribution is 6.12. The molecule has 5 amide bonds. The molecule has 0 bridgehead atoms. The summed E-state index contributed by atoms with van der Waals surface area (Å²) >= 11 is 0. The quantitative estimate of drug-likeness (QED) is 0.205. The lowest BCUT2D eigenvalue weighted by Crippen LogP contribution is -2.46. The maximum absolute atomic E-state index is 12.2. The molecule has 0 radical (unpaired) electrons. The second-order valence-corrected chi connectivity index (χ2v) is 8.00. The van der Waals surface area contributed by atoms with E-state index in [-0.39, 0.29) is 43.3 Å². The molecule has 0 aromatic heterocycles. The second kappa shape index (κ2) is 16.6. The van der Waals surface area contributed by atoms with Crippen LogP contribution in [0.4, 0.5) is 5.69 Å². The first kappa shape index (κ1) is 31.0. The Bertz CT molecular complexity index is 971. The zero-order valence-corrected chi connectivity index (χ0v) is 21.8. The van der Waals surface area contributed by atoms with Gasteiger partial charge in [-0.1, -0.05) is 32.4 Å². The number of unbranched alkanes of at least 4 members (excludes halogenated alkanes) is 2. The highest BCUT2D eigenvalue weighted by Crippen LogP contribution is 2.10. The van der Waals surface area contributed by atoms with Gasteiger partial charge in [-0.2, -0.15) is 0 Å². The SMILES string of the molecule is CC.CC(=O)OCc1ccc(NC(=O)CNC(=O)C(C)NC(=O)CCCCCN2C(=O)C=CC2=O)cc1. The van der Waals surface area contributed by atoms with Gasteiger partial charge in [-0.05, 0) is 37.5 Å². The summed E-state index contributed by atoms with van der Waals surface area (Å²) in [5, 5.41) is 7.68. The molecule has 1 aromatic carbocycles. The fourth-order valence-electron chi connectivity index (χ4n) is 3.16. The molecule has 1 atom stereocenters. The van der Waals surface area contributed by atoms with Gasteiger partial charge in [0, 0.05) is 37.7 Å². The van der Waals surface area contributed by atoms with Crippen LogP contribution in [-0.4, -0.2) is 59.5 Å². The standard InChI is InChI=1S/C24H30N4O7.C2H6/c1-16(26-20(30)6-4-3-5-13-28-22(32)11-12-23(28)33)24(34)25-14-21(31)27-19-9-7-18(8-10-19)15-35-17(2)29;1-2/h7-12,16H,3-6,13-15H2,1-2H3,(H,25,34)(H,26,30)(H,27,31);1-2H3. The van der Waals surface area contributed by atoms with E-state index in [2.05, 4.69) is 16.0 Å². The Morgan fingerprint density at radius 1 is 0.919 bits per heavy atom. The van der Waals surface area contributed by atoms with Crippen molar-refractivity contribution in [3.63, 3.8) is 0 Å². The highest BCUT2D eigenvalue weighted by atomic mass is 16.5. The molecule has 0 fully saturated rings. The lowest BCUT2D eigenvalue weighted by atomic mass is 10.1. The number of hydrogen-bond acceptors (Lipinski definition) is 7. The van der Waals surface area contributed by atoms with Gasteiger partial charge in [0.15, 0.2) is 0 Å². The van der Waals surface area contributed by atoms with Crippen molar-refractivity contribution < 1.29 is 33.5 Å². The van der Waals surface area contributed by atoms with Crippen LogP contribution >= 0.6 is 0 Å². The summed E-state index contributed by atoms with van der Waals surface area (Å²) in [6.07, 6.45) is 4.45. The summed E-state index contributed by atoms with van der Waals surface area (Å²) in [6.45, 7) is 7.02. The molecule has 1 heterocycles. The van der Waals surface area contributed by atoms with Crippen molar-refractivity contribution in [2.45, 2.75) is 66.0 Å². The number of carbonyl (C=O) groups excluding carboxylic acids is 6. The Morgan fingerprint density at radius 3 is 2.14 bits per heavy atom. The number of ether oxygens (including phenoxy) is 1. The van der Waals surface area contributed by atoms with E-state index in [1.54, 1.807) is 24.3 Å². The topological polar surface area (TPSA) is 151 Å². The number of imide groups is 1. The van der Waals surface area contributed by atoms with Gasteiger partial charge in [-0.3, -0.25) is 33.7 Å². The molecule has 1 aromatic rings. The van der Waals surface area contributed by atoms with E-state index in [4.69, 9.17) is 4.74 Å². The molecule has 0 saturated carbocycles. The number of nitrogens with one attached hydrogen (secondary N) is 3. The van der Waals surface area contributed by atoms with Crippen LogP contribution in [0.25, 0.3) is 0 Å². The van der Waals surface area contributed by atoms with Gasteiger partial charge in [0.25, 0.3) is 11.8 Å². The van der Waals surface area contributed by atoms with Crippen molar-refractivity contribution in [3.8, 4) is 0 Å². The lowest BCUT2D eigenvalue weighted by Gasteiger charge is -2.15. The summed E-state index contributed by atoms with van der Waals surface area (Å²) in [5.74, 6) is -2.27. The monoisotopic (exact) mass is 516 g/mol. The maximum Gasteiger partial charge on any atom is 0.302 e. The minimum Gasteiger partial charge on any atom is -0.461 e. The van der Waals surface area contributed by atoms with Crippen LogP contribution in [0.3, 0.4) is 0 Å². The molecule has 3 N–H and O–H groups in total. The van der Waals surface area contributed by atoms with Crippen molar-refractivity contribution in [2.24, 2.45) is 0 Å². The summed E-state index contributed by atoms with van der Waals surface area (Å²) in [7, 11) is 0.